The maximum atomic E-state index is 12.2. The minimum Gasteiger partial charge on any atom is -0.322 e. The van der Waals surface area contributed by atoms with Crippen LogP contribution in [-0.4, -0.2) is 28.9 Å². The predicted octanol–water partition coefficient (Wildman–Crippen LogP) is 3.83. The van der Waals surface area contributed by atoms with E-state index in [9.17, 15) is 4.79 Å². The van der Waals surface area contributed by atoms with Crippen molar-refractivity contribution in [2.45, 2.75) is 20.4 Å². The first kappa shape index (κ1) is 16.5. The molecule has 0 saturated carbocycles. The number of aromatic nitrogens is 1. The van der Waals surface area contributed by atoms with Crippen LogP contribution < -0.4 is 5.32 Å². The molecule has 1 heterocycles. The highest BCUT2D eigenvalue weighted by molar-refractivity contribution is 6.29. The molecular weight excluding hydrogens is 298 g/mol. The first-order chi connectivity index (χ1) is 10.6. The van der Waals surface area contributed by atoms with Crippen LogP contribution >= 0.6 is 11.6 Å². The molecule has 1 aromatic carbocycles. The molecule has 4 nitrogen and oxygen atoms in total. The normalized spacial score (nSPS) is 10.7. The highest BCUT2D eigenvalue weighted by Gasteiger charge is 2.07. The van der Waals surface area contributed by atoms with Crippen molar-refractivity contribution in [2.75, 3.05) is 18.4 Å². The van der Waals surface area contributed by atoms with Crippen LogP contribution in [0, 0.1) is 0 Å². The van der Waals surface area contributed by atoms with Gasteiger partial charge in [0.15, 0.2) is 0 Å². The van der Waals surface area contributed by atoms with Crippen LogP contribution in [0.1, 0.15) is 29.8 Å². The standard InChI is InChI=1S/C17H20ClN3O/c1-3-21(4-2)12-13-5-7-14(8-6-13)17(22)20-15-9-10-19-16(18)11-15/h5-11H,3-4,12H2,1-2H3,(H,19,20,22). The van der Waals surface area contributed by atoms with Gasteiger partial charge in [0, 0.05) is 24.0 Å². The molecule has 0 saturated heterocycles. The lowest BCUT2D eigenvalue weighted by Crippen LogP contribution is -2.22. The highest BCUT2D eigenvalue weighted by Crippen LogP contribution is 2.14. The SMILES string of the molecule is CCN(CC)Cc1ccc(C(=O)Nc2ccnc(Cl)c2)cc1. The monoisotopic (exact) mass is 317 g/mol. The quantitative estimate of drug-likeness (QED) is 0.824. The fourth-order valence-corrected chi connectivity index (χ4v) is 2.32. The van der Waals surface area contributed by atoms with E-state index in [0.29, 0.717) is 16.4 Å². The van der Waals surface area contributed by atoms with Crippen LogP contribution in [0.15, 0.2) is 42.6 Å². The van der Waals surface area contributed by atoms with Gasteiger partial charge in [0.25, 0.3) is 5.91 Å². The third-order valence-electron chi connectivity index (χ3n) is 3.50. The van der Waals surface area contributed by atoms with E-state index in [0.717, 1.165) is 19.6 Å². The zero-order valence-electron chi connectivity index (χ0n) is 12.8. The Morgan fingerprint density at radius 2 is 1.86 bits per heavy atom. The van der Waals surface area contributed by atoms with E-state index in [2.05, 4.69) is 29.0 Å². The van der Waals surface area contributed by atoms with Gasteiger partial charge in [-0.15, -0.1) is 0 Å². The molecule has 1 aromatic heterocycles. The van der Waals surface area contributed by atoms with Gasteiger partial charge in [0.2, 0.25) is 0 Å². The van der Waals surface area contributed by atoms with Crippen LogP contribution in [0.5, 0.6) is 0 Å². The molecule has 0 aliphatic rings. The third kappa shape index (κ3) is 4.55. The van der Waals surface area contributed by atoms with Crippen molar-refractivity contribution < 1.29 is 4.79 Å². The Bertz CT molecular complexity index is 624. The topological polar surface area (TPSA) is 45.2 Å². The van der Waals surface area contributed by atoms with Crippen molar-refractivity contribution in [3.8, 4) is 0 Å². The zero-order chi connectivity index (χ0) is 15.9. The number of carbonyl (C=O) groups excluding carboxylic acids is 1. The first-order valence-electron chi connectivity index (χ1n) is 7.36. The summed E-state index contributed by atoms with van der Waals surface area (Å²) in [4.78, 5) is 18.4. The number of nitrogens with one attached hydrogen (secondary N) is 1. The zero-order valence-corrected chi connectivity index (χ0v) is 13.6. The summed E-state index contributed by atoms with van der Waals surface area (Å²) in [6, 6.07) is 11.0. The number of hydrogen-bond acceptors (Lipinski definition) is 3. The molecule has 0 aliphatic carbocycles. The van der Waals surface area contributed by atoms with E-state index in [4.69, 9.17) is 11.6 Å². The fraction of sp³-hybridized carbons (Fsp3) is 0.294. The average Bonchev–Trinajstić information content (AvgIpc) is 2.53. The molecule has 0 bridgehead atoms. The number of amides is 1. The van der Waals surface area contributed by atoms with Gasteiger partial charge in [0.1, 0.15) is 5.15 Å². The number of halogens is 1. The number of benzene rings is 1. The lowest BCUT2D eigenvalue weighted by atomic mass is 10.1. The molecule has 22 heavy (non-hydrogen) atoms. The van der Waals surface area contributed by atoms with Gasteiger partial charge in [0.05, 0.1) is 0 Å². The van der Waals surface area contributed by atoms with Crippen LogP contribution in [0.4, 0.5) is 5.69 Å². The number of pyridine rings is 1. The Hall–Kier alpha value is -1.91. The van der Waals surface area contributed by atoms with Crippen molar-refractivity contribution in [3.63, 3.8) is 0 Å². The maximum Gasteiger partial charge on any atom is 0.255 e. The molecule has 0 atom stereocenters. The second-order valence-electron chi connectivity index (χ2n) is 4.98. The van der Waals surface area contributed by atoms with Gasteiger partial charge >= 0.3 is 0 Å². The Balaban J connectivity index is 2.02. The number of nitrogens with zero attached hydrogens (tertiary/aromatic N) is 2. The van der Waals surface area contributed by atoms with Crippen molar-refractivity contribution in [1.29, 1.82) is 0 Å². The van der Waals surface area contributed by atoms with Crippen LogP contribution in [0.2, 0.25) is 5.15 Å². The molecule has 2 aromatic rings. The van der Waals surface area contributed by atoms with Crippen molar-refractivity contribution in [2.24, 2.45) is 0 Å². The Kier molecular flexibility index (Phi) is 5.92. The summed E-state index contributed by atoms with van der Waals surface area (Å²) in [7, 11) is 0. The first-order valence-corrected chi connectivity index (χ1v) is 7.74. The number of anilines is 1. The van der Waals surface area contributed by atoms with Gasteiger partial charge < -0.3 is 5.32 Å². The molecule has 1 amide bonds. The summed E-state index contributed by atoms with van der Waals surface area (Å²) >= 11 is 5.80. The summed E-state index contributed by atoms with van der Waals surface area (Å²) in [5.74, 6) is -0.156. The van der Waals surface area contributed by atoms with E-state index in [1.807, 2.05) is 24.3 Å². The van der Waals surface area contributed by atoms with Crippen LogP contribution in [-0.2, 0) is 6.54 Å². The molecule has 116 valence electrons. The maximum absolute atomic E-state index is 12.2. The molecule has 0 unspecified atom stereocenters. The van der Waals surface area contributed by atoms with Gasteiger partial charge in [-0.05, 0) is 42.9 Å². The summed E-state index contributed by atoms with van der Waals surface area (Å²) in [6.07, 6.45) is 1.56. The van der Waals surface area contributed by atoms with Crippen molar-refractivity contribution in [3.05, 3.63) is 58.9 Å². The molecule has 0 aliphatic heterocycles. The third-order valence-corrected chi connectivity index (χ3v) is 3.71. The fourth-order valence-electron chi connectivity index (χ4n) is 2.15. The smallest absolute Gasteiger partial charge is 0.255 e. The van der Waals surface area contributed by atoms with E-state index in [-0.39, 0.29) is 5.91 Å². The van der Waals surface area contributed by atoms with Crippen LogP contribution in [0.25, 0.3) is 0 Å². The van der Waals surface area contributed by atoms with E-state index in [1.54, 1.807) is 18.3 Å². The minimum absolute atomic E-state index is 0.156. The Morgan fingerprint density at radius 1 is 1.18 bits per heavy atom. The van der Waals surface area contributed by atoms with Gasteiger partial charge in [-0.2, -0.15) is 0 Å². The molecular formula is C17H20ClN3O. The molecule has 0 radical (unpaired) electrons. The summed E-state index contributed by atoms with van der Waals surface area (Å²) < 4.78 is 0. The molecule has 0 spiro atoms. The predicted molar refractivity (Wildman–Crippen MR) is 90.3 cm³/mol. The Morgan fingerprint density at radius 3 is 2.45 bits per heavy atom. The molecule has 0 fully saturated rings. The summed E-state index contributed by atoms with van der Waals surface area (Å²) in [6.45, 7) is 7.22. The van der Waals surface area contributed by atoms with Gasteiger partial charge in [-0.1, -0.05) is 37.6 Å². The van der Waals surface area contributed by atoms with Crippen LogP contribution in [0.3, 0.4) is 0 Å². The second kappa shape index (κ2) is 7.92. The summed E-state index contributed by atoms with van der Waals surface area (Å²) in [5.41, 5.74) is 2.46. The molecule has 1 N–H and O–H groups in total. The number of hydrogen-bond donors (Lipinski definition) is 1. The van der Waals surface area contributed by atoms with Gasteiger partial charge in [-0.3, -0.25) is 9.69 Å². The molecule has 5 heteroatoms. The van der Waals surface area contributed by atoms with Crippen molar-refractivity contribution >= 4 is 23.2 Å². The van der Waals surface area contributed by atoms with E-state index < -0.39 is 0 Å². The van der Waals surface area contributed by atoms with Gasteiger partial charge in [-0.25, -0.2) is 4.98 Å². The number of rotatable bonds is 6. The minimum atomic E-state index is -0.156. The summed E-state index contributed by atoms with van der Waals surface area (Å²) in [5, 5.41) is 3.16. The largest absolute Gasteiger partial charge is 0.322 e. The number of carbonyl (C=O) groups is 1. The second-order valence-corrected chi connectivity index (χ2v) is 5.37. The lowest BCUT2D eigenvalue weighted by Gasteiger charge is -2.18. The average molecular weight is 318 g/mol. The van der Waals surface area contributed by atoms with E-state index >= 15 is 0 Å². The lowest BCUT2D eigenvalue weighted by molar-refractivity contribution is 0.102. The van der Waals surface area contributed by atoms with Crippen molar-refractivity contribution in [1.82, 2.24) is 9.88 Å². The van der Waals surface area contributed by atoms with E-state index in [1.165, 1.54) is 5.56 Å². The molecule has 2 rings (SSSR count). The highest BCUT2D eigenvalue weighted by atomic mass is 35.5. The Labute approximate surface area is 136 Å².